The predicted molar refractivity (Wildman–Crippen MR) is 116 cm³/mol. The molecule has 2 aromatic heterocycles. The second-order valence-corrected chi connectivity index (χ2v) is 7.34. The SMILES string of the molecule is CCNC(=NCC1CCCS1)NCCCc1nnc2ccccn12.I. The lowest BCUT2D eigenvalue weighted by molar-refractivity contribution is 0.710. The first kappa shape index (κ1) is 20.3. The van der Waals surface area contributed by atoms with Crippen molar-refractivity contribution in [2.45, 2.75) is 37.9 Å². The first-order chi connectivity index (χ1) is 11.9. The van der Waals surface area contributed by atoms with Crippen LogP contribution in [0.15, 0.2) is 29.4 Å². The summed E-state index contributed by atoms with van der Waals surface area (Å²) >= 11 is 2.05. The maximum Gasteiger partial charge on any atom is 0.191 e. The molecular formula is C17H27IN6S. The zero-order valence-electron chi connectivity index (χ0n) is 14.6. The highest BCUT2D eigenvalue weighted by Gasteiger charge is 2.14. The van der Waals surface area contributed by atoms with Crippen molar-refractivity contribution in [3.63, 3.8) is 0 Å². The summed E-state index contributed by atoms with van der Waals surface area (Å²) < 4.78 is 2.05. The Balaban J connectivity index is 0.00000225. The van der Waals surface area contributed by atoms with Crippen molar-refractivity contribution in [3.05, 3.63) is 30.2 Å². The number of pyridine rings is 1. The Labute approximate surface area is 170 Å². The van der Waals surface area contributed by atoms with E-state index in [0.29, 0.717) is 5.25 Å². The summed E-state index contributed by atoms with van der Waals surface area (Å²) in [7, 11) is 0. The summed E-state index contributed by atoms with van der Waals surface area (Å²) in [5.41, 5.74) is 0.907. The zero-order valence-corrected chi connectivity index (χ0v) is 17.8. The minimum atomic E-state index is 0. The maximum absolute atomic E-state index is 4.72. The fraction of sp³-hybridized carbons (Fsp3) is 0.588. The van der Waals surface area contributed by atoms with Crippen LogP contribution in [0.2, 0.25) is 0 Å². The molecule has 8 heteroatoms. The number of aryl methyl sites for hydroxylation is 1. The number of nitrogens with one attached hydrogen (secondary N) is 2. The summed E-state index contributed by atoms with van der Waals surface area (Å²) in [5, 5.41) is 15.9. The number of nitrogens with zero attached hydrogens (tertiary/aromatic N) is 4. The third-order valence-electron chi connectivity index (χ3n) is 4.08. The average Bonchev–Trinajstić information content (AvgIpc) is 3.26. The van der Waals surface area contributed by atoms with Gasteiger partial charge in [-0.3, -0.25) is 9.39 Å². The van der Waals surface area contributed by atoms with Gasteiger partial charge in [0, 0.05) is 31.0 Å². The molecule has 3 rings (SSSR count). The van der Waals surface area contributed by atoms with Crippen molar-refractivity contribution in [1.82, 2.24) is 25.2 Å². The molecular weight excluding hydrogens is 447 g/mol. The quantitative estimate of drug-likeness (QED) is 0.280. The lowest BCUT2D eigenvalue weighted by atomic mass is 10.2. The molecule has 1 aliphatic rings. The summed E-state index contributed by atoms with van der Waals surface area (Å²) in [6.45, 7) is 4.78. The molecule has 0 radical (unpaired) electrons. The van der Waals surface area contributed by atoms with E-state index >= 15 is 0 Å². The third-order valence-corrected chi connectivity index (χ3v) is 5.46. The van der Waals surface area contributed by atoms with Gasteiger partial charge in [0.05, 0.1) is 6.54 Å². The molecule has 0 aromatic carbocycles. The minimum Gasteiger partial charge on any atom is -0.357 e. The van der Waals surface area contributed by atoms with Gasteiger partial charge in [0.1, 0.15) is 5.82 Å². The van der Waals surface area contributed by atoms with Crippen molar-refractivity contribution < 1.29 is 0 Å². The zero-order chi connectivity index (χ0) is 16.6. The van der Waals surface area contributed by atoms with Crippen LogP contribution in [0, 0.1) is 0 Å². The molecule has 0 bridgehead atoms. The van der Waals surface area contributed by atoms with E-state index in [9.17, 15) is 0 Å². The monoisotopic (exact) mass is 474 g/mol. The number of guanidine groups is 1. The first-order valence-electron chi connectivity index (χ1n) is 8.79. The van der Waals surface area contributed by atoms with Gasteiger partial charge < -0.3 is 10.6 Å². The van der Waals surface area contributed by atoms with Gasteiger partial charge in [0.2, 0.25) is 0 Å². The predicted octanol–water partition coefficient (Wildman–Crippen LogP) is 2.73. The molecule has 1 unspecified atom stereocenters. The lowest BCUT2D eigenvalue weighted by Gasteiger charge is -2.12. The van der Waals surface area contributed by atoms with Gasteiger partial charge in [-0.25, -0.2) is 0 Å². The number of fused-ring (bicyclic) bond motifs is 1. The highest BCUT2D eigenvalue weighted by molar-refractivity contribution is 14.0. The van der Waals surface area contributed by atoms with Crippen LogP contribution in [0.4, 0.5) is 0 Å². The third kappa shape index (κ3) is 6.02. The number of hydrogen-bond donors (Lipinski definition) is 2. The van der Waals surface area contributed by atoms with E-state index in [2.05, 4.69) is 32.2 Å². The summed E-state index contributed by atoms with van der Waals surface area (Å²) in [6.07, 6.45) is 6.55. The van der Waals surface area contributed by atoms with Crippen LogP contribution in [0.25, 0.3) is 5.65 Å². The van der Waals surface area contributed by atoms with E-state index in [1.165, 1.54) is 18.6 Å². The van der Waals surface area contributed by atoms with E-state index in [0.717, 1.165) is 49.9 Å². The van der Waals surface area contributed by atoms with Crippen LogP contribution in [0.5, 0.6) is 0 Å². The Bertz CT molecular complexity index is 668. The van der Waals surface area contributed by atoms with Gasteiger partial charge >= 0.3 is 0 Å². The molecule has 2 N–H and O–H groups in total. The number of thioether (sulfide) groups is 1. The molecule has 0 aliphatic carbocycles. The Hall–Kier alpha value is -1.03. The number of hydrogen-bond acceptors (Lipinski definition) is 4. The van der Waals surface area contributed by atoms with Crippen LogP contribution >= 0.6 is 35.7 Å². The van der Waals surface area contributed by atoms with Crippen molar-refractivity contribution >= 4 is 47.3 Å². The first-order valence-corrected chi connectivity index (χ1v) is 9.84. The van der Waals surface area contributed by atoms with Crippen molar-refractivity contribution in [2.24, 2.45) is 4.99 Å². The number of aromatic nitrogens is 3. The normalized spacial score (nSPS) is 17.5. The molecule has 1 atom stereocenters. The molecule has 0 amide bonds. The van der Waals surface area contributed by atoms with Crippen molar-refractivity contribution in [1.29, 1.82) is 0 Å². The van der Waals surface area contributed by atoms with Crippen molar-refractivity contribution in [2.75, 3.05) is 25.4 Å². The highest BCUT2D eigenvalue weighted by atomic mass is 127. The van der Waals surface area contributed by atoms with E-state index in [4.69, 9.17) is 4.99 Å². The fourth-order valence-corrected chi connectivity index (χ4v) is 4.02. The van der Waals surface area contributed by atoms with Gasteiger partial charge in [-0.1, -0.05) is 6.07 Å². The summed E-state index contributed by atoms with van der Waals surface area (Å²) in [4.78, 5) is 4.72. The summed E-state index contributed by atoms with van der Waals surface area (Å²) in [6, 6.07) is 5.97. The maximum atomic E-state index is 4.72. The Kier molecular flexibility index (Phi) is 8.80. The molecule has 1 saturated heterocycles. The highest BCUT2D eigenvalue weighted by Crippen LogP contribution is 2.25. The number of aliphatic imine (C=N–C) groups is 1. The molecule has 2 aromatic rings. The van der Waals surface area contributed by atoms with E-state index in [-0.39, 0.29) is 24.0 Å². The molecule has 0 saturated carbocycles. The van der Waals surface area contributed by atoms with Crippen LogP contribution in [0.3, 0.4) is 0 Å². The average molecular weight is 474 g/mol. The van der Waals surface area contributed by atoms with Crippen LogP contribution in [-0.2, 0) is 6.42 Å². The van der Waals surface area contributed by atoms with Gasteiger partial charge in [-0.2, -0.15) is 11.8 Å². The van der Waals surface area contributed by atoms with E-state index < -0.39 is 0 Å². The van der Waals surface area contributed by atoms with Crippen LogP contribution in [0.1, 0.15) is 32.0 Å². The van der Waals surface area contributed by atoms with Crippen LogP contribution in [-0.4, -0.2) is 51.2 Å². The Morgan fingerprint density at radius 3 is 3.08 bits per heavy atom. The minimum absolute atomic E-state index is 0. The topological polar surface area (TPSA) is 66.6 Å². The molecule has 25 heavy (non-hydrogen) atoms. The van der Waals surface area contributed by atoms with Crippen molar-refractivity contribution in [3.8, 4) is 0 Å². The van der Waals surface area contributed by atoms with Gasteiger partial charge in [0.15, 0.2) is 11.6 Å². The molecule has 138 valence electrons. The van der Waals surface area contributed by atoms with Gasteiger partial charge in [-0.15, -0.1) is 34.2 Å². The lowest BCUT2D eigenvalue weighted by Crippen LogP contribution is -2.38. The number of rotatable bonds is 7. The Morgan fingerprint density at radius 2 is 2.28 bits per heavy atom. The van der Waals surface area contributed by atoms with E-state index in [1.807, 2.05) is 36.2 Å². The molecule has 1 aliphatic heterocycles. The molecule has 1 fully saturated rings. The van der Waals surface area contributed by atoms with Gasteiger partial charge in [0.25, 0.3) is 0 Å². The molecule has 6 nitrogen and oxygen atoms in total. The van der Waals surface area contributed by atoms with Gasteiger partial charge in [-0.05, 0) is 44.1 Å². The molecule has 3 heterocycles. The second-order valence-electron chi connectivity index (χ2n) is 5.93. The second kappa shape index (κ2) is 10.8. The molecule has 0 spiro atoms. The van der Waals surface area contributed by atoms with E-state index in [1.54, 1.807) is 0 Å². The number of halogens is 1. The standard InChI is InChI=1S/C17H26N6S.HI/c1-2-18-17(20-13-14-7-6-12-24-14)19-10-5-9-16-22-21-15-8-3-4-11-23(15)16;/h3-4,8,11,14H,2,5-7,9-10,12-13H2,1H3,(H2,18,19,20);1H. The van der Waals surface area contributed by atoms with Crippen LogP contribution < -0.4 is 10.6 Å². The Morgan fingerprint density at radius 1 is 1.36 bits per heavy atom. The fourth-order valence-electron chi connectivity index (χ4n) is 2.84. The largest absolute Gasteiger partial charge is 0.357 e. The summed E-state index contributed by atoms with van der Waals surface area (Å²) in [5.74, 6) is 3.23. The smallest absolute Gasteiger partial charge is 0.191 e.